The van der Waals surface area contributed by atoms with Gasteiger partial charge in [0.1, 0.15) is 18.2 Å². The van der Waals surface area contributed by atoms with Gasteiger partial charge in [-0.05, 0) is 17.7 Å². The fourth-order valence-electron chi connectivity index (χ4n) is 1.73. The Morgan fingerprint density at radius 3 is 3.06 bits per heavy atom. The number of amidine groups is 1. The molecule has 2 N–H and O–H groups in total. The van der Waals surface area contributed by atoms with Gasteiger partial charge in [-0.3, -0.25) is 9.89 Å². The molecule has 1 aliphatic heterocycles. The molecule has 0 unspecified atom stereocenters. The highest BCUT2D eigenvalue weighted by molar-refractivity contribution is 6.03. The van der Waals surface area contributed by atoms with Crippen LogP contribution in [0.3, 0.4) is 0 Å². The van der Waals surface area contributed by atoms with Gasteiger partial charge in [0.25, 0.3) is 0 Å². The summed E-state index contributed by atoms with van der Waals surface area (Å²) in [4.78, 5) is 6.10. The Morgan fingerprint density at radius 2 is 2.44 bits per heavy atom. The van der Waals surface area contributed by atoms with Crippen LogP contribution in [0.25, 0.3) is 0 Å². The van der Waals surface area contributed by atoms with Gasteiger partial charge in [0, 0.05) is 19.8 Å². The highest BCUT2D eigenvalue weighted by atomic mass is 16.5. The van der Waals surface area contributed by atoms with E-state index in [9.17, 15) is 0 Å². The quantitative estimate of drug-likeness (QED) is 0.817. The lowest BCUT2D eigenvalue weighted by molar-refractivity contribution is 0.368. The standard InChI is InChI=1S/C12H15N3O/c1-3-15-10-6-9(7-13)4-5-11(10)16-8-12(15)14-2/h3-6H,1,7-8,13H2,2H3. The molecule has 1 heterocycles. The summed E-state index contributed by atoms with van der Waals surface area (Å²) in [6, 6.07) is 5.90. The van der Waals surface area contributed by atoms with E-state index in [0.717, 1.165) is 22.8 Å². The SMILES string of the molecule is C=CN1C(=NC)COc2ccc(CN)cc21. The molecule has 2 rings (SSSR count). The minimum absolute atomic E-state index is 0.470. The largest absolute Gasteiger partial charge is 0.483 e. The van der Waals surface area contributed by atoms with Gasteiger partial charge in [-0.1, -0.05) is 12.6 Å². The number of nitrogens with zero attached hydrogens (tertiary/aromatic N) is 2. The first kappa shape index (κ1) is 10.7. The number of fused-ring (bicyclic) bond motifs is 1. The molecule has 1 aromatic rings. The van der Waals surface area contributed by atoms with E-state index in [2.05, 4.69) is 11.6 Å². The van der Waals surface area contributed by atoms with Crippen molar-refractivity contribution in [2.24, 2.45) is 10.7 Å². The summed E-state index contributed by atoms with van der Waals surface area (Å²) >= 11 is 0. The smallest absolute Gasteiger partial charge is 0.146 e. The topological polar surface area (TPSA) is 50.8 Å². The molecule has 0 aromatic heterocycles. The fraction of sp³-hybridized carbons (Fsp3) is 0.250. The van der Waals surface area contributed by atoms with Crippen molar-refractivity contribution in [3.63, 3.8) is 0 Å². The van der Waals surface area contributed by atoms with E-state index in [1.54, 1.807) is 13.2 Å². The van der Waals surface area contributed by atoms with Gasteiger partial charge in [0.2, 0.25) is 0 Å². The van der Waals surface area contributed by atoms with E-state index in [-0.39, 0.29) is 0 Å². The maximum Gasteiger partial charge on any atom is 0.146 e. The van der Waals surface area contributed by atoms with Crippen molar-refractivity contribution < 1.29 is 4.74 Å². The van der Waals surface area contributed by atoms with Crippen molar-refractivity contribution >= 4 is 11.5 Å². The normalized spacial score (nSPS) is 16.9. The highest BCUT2D eigenvalue weighted by Gasteiger charge is 2.21. The van der Waals surface area contributed by atoms with Crippen LogP contribution in [-0.2, 0) is 6.54 Å². The summed E-state index contributed by atoms with van der Waals surface area (Å²) in [5, 5.41) is 0. The van der Waals surface area contributed by atoms with Crippen molar-refractivity contribution in [1.29, 1.82) is 0 Å². The molecule has 0 aliphatic carbocycles. The summed E-state index contributed by atoms with van der Waals surface area (Å²) in [5.41, 5.74) is 7.63. The van der Waals surface area contributed by atoms with Gasteiger partial charge in [0.05, 0.1) is 5.69 Å². The molecule has 0 saturated carbocycles. The molecule has 16 heavy (non-hydrogen) atoms. The molecule has 0 fully saturated rings. The second kappa shape index (κ2) is 4.37. The second-order valence-electron chi connectivity index (χ2n) is 3.49. The van der Waals surface area contributed by atoms with Gasteiger partial charge < -0.3 is 10.5 Å². The lowest BCUT2D eigenvalue weighted by atomic mass is 10.1. The average Bonchev–Trinajstić information content (AvgIpc) is 2.36. The molecule has 0 radical (unpaired) electrons. The lowest BCUT2D eigenvalue weighted by Crippen LogP contribution is -2.34. The Balaban J connectivity index is 2.50. The van der Waals surface area contributed by atoms with Crippen LogP contribution in [0.1, 0.15) is 5.56 Å². The molecule has 0 amide bonds. The van der Waals surface area contributed by atoms with Crippen molar-refractivity contribution in [1.82, 2.24) is 0 Å². The van der Waals surface area contributed by atoms with Crippen molar-refractivity contribution in [2.75, 3.05) is 18.6 Å². The molecule has 1 aliphatic rings. The predicted molar refractivity (Wildman–Crippen MR) is 65.9 cm³/mol. The van der Waals surface area contributed by atoms with Gasteiger partial charge in [0.15, 0.2) is 0 Å². The van der Waals surface area contributed by atoms with Crippen LogP contribution in [0.15, 0.2) is 36.0 Å². The van der Waals surface area contributed by atoms with E-state index in [0.29, 0.717) is 13.2 Å². The van der Waals surface area contributed by atoms with Crippen molar-refractivity contribution in [3.8, 4) is 5.75 Å². The lowest BCUT2D eigenvalue weighted by Gasteiger charge is -2.29. The van der Waals surface area contributed by atoms with Crippen molar-refractivity contribution in [2.45, 2.75) is 6.54 Å². The molecule has 4 heteroatoms. The zero-order valence-corrected chi connectivity index (χ0v) is 9.31. The number of ether oxygens (including phenoxy) is 1. The third-order valence-electron chi connectivity index (χ3n) is 2.59. The van der Waals surface area contributed by atoms with Gasteiger partial charge >= 0.3 is 0 Å². The van der Waals surface area contributed by atoms with Crippen LogP contribution in [0.2, 0.25) is 0 Å². The number of benzene rings is 1. The van der Waals surface area contributed by atoms with Crippen LogP contribution in [0, 0.1) is 0 Å². The Labute approximate surface area is 95.0 Å². The van der Waals surface area contributed by atoms with E-state index in [4.69, 9.17) is 10.5 Å². The van der Waals surface area contributed by atoms with Crippen LogP contribution in [0.4, 0.5) is 5.69 Å². The monoisotopic (exact) mass is 217 g/mol. The summed E-state index contributed by atoms with van der Waals surface area (Å²) in [5.74, 6) is 1.68. The Bertz CT molecular complexity index is 440. The molecule has 4 nitrogen and oxygen atoms in total. The first-order valence-corrected chi connectivity index (χ1v) is 5.13. The Hall–Kier alpha value is -1.81. The van der Waals surface area contributed by atoms with Crippen molar-refractivity contribution in [3.05, 3.63) is 36.5 Å². The zero-order chi connectivity index (χ0) is 11.5. The summed E-state index contributed by atoms with van der Waals surface area (Å²) in [6.07, 6.45) is 1.74. The van der Waals surface area contributed by atoms with Crippen LogP contribution < -0.4 is 15.4 Å². The van der Waals surface area contributed by atoms with Crippen LogP contribution in [-0.4, -0.2) is 19.5 Å². The summed E-state index contributed by atoms with van der Waals surface area (Å²) < 4.78 is 5.60. The maximum atomic E-state index is 5.62. The number of rotatable bonds is 2. The number of aliphatic imine (C=N–C) groups is 1. The van der Waals surface area contributed by atoms with Crippen LogP contribution >= 0.6 is 0 Å². The number of nitrogens with two attached hydrogens (primary N) is 1. The third kappa shape index (κ3) is 1.67. The molecule has 84 valence electrons. The minimum Gasteiger partial charge on any atom is -0.483 e. The third-order valence-corrected chi connectivity index (χ3v) is 2.59. The van der Waals surface area contributed by atoms with Gasteiger partial charge in [-0.2, -0.15) is 0 Å². The molecule has 0 spiro atoms. The van der Waals surface area contributed by atoms with Gasteiger partial charge in [-0.25, -0.2) is 0 Å². The Kier molecular flexibility index (Phi) is 2.92. The number of hydrogen-bond acceptors (Lipinski definition) is 3. The van der Waals surface area contributed by atoms with Crippen LogP contribution in [0.5, 0.6) is 5.75 Å². The number of anilines is 1. The minimum atomic E-state index is 0.470. The first-order chi connectivity index (χ1) is 7.80. The average molecular weight is 217 g/mol. The Morgan fingerprint density at radius 1 is 1.62 bits per heavy atom. The molecule has 0 atom stereocenters. The summed E-state index contributed by atoms with van der Waals surface area (Å²) in [7, 11) is 1.74. The molecular formula is C12H15N3O. The maximum absolute atomic E-state index is 5.62. The zero-order valence-electron chi connectivity index (χ0n) is 9.31. The van der Waals surface area contributed by atoms with E-state index >= 15 is 0 Å². The van der Waals surface area contributed by atoms with E-state index < -0.39 is 0 Å². The summed E-state index contributed by atoms with van der Waals surface area (Å²) in [6.45, 7) is 4.78. The molecular weight excluding hydrogens is 202 g/mol. The highest BCUT2D eigenvalue weighted by Crippen LogP contribution is 2.33. The second-order valence-corrected chi connectivity index (χ2v) is 3.49. The molecule has 1 aromatic carbocycles. The molecule has 0 bridgehead atoms. The first-order valence-electron chi connectivity index (χ1n) is 5.13. The predicted octanol–water partition coefficient (Wildman–Crippen LogP) is 1.52. The number of hydrogen-bond donors (Lipinski definition) is 1. The fourth-order valence-corrected chi connectivity index (χ4v) is 1.73. The van der Waals surface area contributed by atoms with E-state index in [1.165, 1.54) is 0 Å². The molecule has 0 saturated heterocycles. The van der Waals surface area contributed by atoms with Gasteiger partial charge in [-0.15, -0.1) is 0 Å². The van der Waals surface area contributed by atoms with E-state index in [1.807, 2.05) is 23.1 Å².